The van der Waals surface area contributed by atoms with Gasteiger partial charge in [-0.3, -0.25) is 19.4 Å². The van der Waals surface area contributed by atoms with Gasteiger partial charge in [-0.1, -0.05) is 0 Å². The van der Waals surface area contributed by atoms with Crippen LogP contribution in [0.1, 0.15) is 39.7 Å². The Morgan fingerprint density at radius 2 is 1.74 bits per heavy atom. The lowest BCUT2D eigenvalue weighted by molar-refractivity contribution is -0.242. The van der Waals surface area contributed by atoms with E-state index in [9.17, 15) is 49.5 Å². The molecule has 0 bridgehead atoms. The summed E-state index contributed by atoms with van der Waals surface area (Å²) in [5.41, 5.74) is -7.44. The fraction of sp³-hybridized carbons (Fsp3) is 0.480. The van der Waals surface area contributed by atoms with E-state index in [4.69, 9.17) is 4.74 Å². The van der Waals surface area contributed by atoms with Crippen LogP contribution >= 0.6 is 0 Å². The molecule has 4 rings (SSSR count). The maximum absolute atomic E-state index is 13.8. The monoisotopic (exact) mass is 625 g/mol. The quantitative estimate of drug-likeness (QED) is 0.405. The van der Waals surface area contributed by atoms with Crippen LogP contribution in [0, 0.1) is 11.3 Å². The van der Waals surface area contributed by atoms with Crippen molar-refractivity contribution in [3.63, 3.8) is 0 Å². The lowest BCUT2D eigenvalue weighted by Gasteiger charge is -2.38. The minimum atomic E-state index is -4.92. The number of aromatic nitrogens is 1. The van der Waals surface area contributed by atoms with Gasteiger partial charge in [0.1, 0.15) is 16.2 Å². The number of nitrogens with one attached hydrogen (secondary N) is 1. The second kappa shape index (κ2) is 9.64. The summed E-state index contributed by atoms with van der Waals surface area (Å²) in [7, 11) is -4.82. The van der Waals surface area contributed by atoms with Crippen LogP contribution in [0.2, 0.25) is 0 Å². The Balaban J connectivity index is 1.76. The molecule has 230 valence electrons. The van der Waals surface area contributed by atoms with Crippen molar-refractivity contribution in [3.05, 3.63) is 42.2 Å². The molecule has 17 heteroatoms. The van der Waals surface area contributed by atoms with E-state index >= 15 is 0 Å². The number of benzene rings is 1. The molecule has 0 unspecified atom stereocenters. The Hall–Kier alpha value is -3.76. The largest absolute Gasteiger partial charge is 0.483 e. The lowest BCUT2D eigenvalue weighted by atomic mass is 9.85. The van der Waals surface area contributed by atoms with Gasteiger partial charge >= 0.3 is 24.4 Å². The van der Waals surface area contributed by atoms with Gasteiger partial charge in [-0.25, -0.2) is 13.2 Å². The molecule has 2 aliphatic rings. The summed E-state index contributed by atoms with van der Waals surface area (Å²) in [6.45, 7) is 3.56. The van der Waals surface area contributed by atoms with Crippen molar-refractivity contribution in [2.75, 3.05) is 16.2 Å². The minimum absolute atomic E-state index is 0.0947. The second-order valence-corrected chi connectivity index (χ2v) is 12.9. The van der Waals surface area contributed by atoms with Crippen LogP contribution in [-0.2, 0) is 25.7 Å². The van der Waals surface area contributed by atoms with Crippen LogP contribution in [0.3, 0.4) is 0 Å². The third-order valence-corrected chi connectivity index (χ3v) is 9.03. The number of halogens is 6. The van der Waals surface area contributed by atoms with E-state index < -0.39 is 74.0 Å². The maximum atomic E-state index is 13.8. The number of carbonyl (C=O) groups excluding carboxylic acids is 1. The third-order valence-electron chi connectivity index (χ3n) is 7.30. The van der Waals surface area contributed by atoms with Crippen molar-refractivity contribution < 1.29 is 58.9 Å². The molecule has 1 spiro atoms. The summed E-state index contributed by atoms with van der Waals surface area (Å²) in [6.07, 6.45) is -10.1. The molecule has 2 N–H and O–H groups in total. The number of rotatable bonds is 6. The van der Waals surface area contributed by atoms with Gasteiger partial charge in [0.15, 0.2) is 0 Å². The Morgan fingerprint density at radius 3 is 2.31 bits per heavy atom. The van der Waals surface area contributed by atoms with Crippen LogP contribution in [0.25, 0.3) is 0 Å². The topological polar surface area (TPSA) is 135 Å². The highest BCUT2D eigenvalue weighted by Crippen LogP contribution is 2.60. The Kier molecular flexibility index (Phi) is 7.15. The fourth-order valence-corrected chi connectivity index (χ4v) is 6.10. The van der Waals surface area contributed by atoms with Crippen molar-refractivity contribution in [1.29, 1.82) is 0 Å². The molecule has 2 atom stereocenters. The van der Waals surface area contributed by atoms with E-state index in [0.717, 1.165) is 6.07 Å². The van der Waals surface area contributed by atoms with Crippen LogP contribution in [0.5, 0.6) is 5.75 Å². The zero-order valence-corrected chi connectivity index (χ0v) is 23.2. The molecule has 1 aromatic carbocycles. The third kappa shape index (κ3) is 5.53. The molecule has 2 aromatic rings. The Morgan fingerprint density at radius 1 is 1.10 bits per heavy atom. The number of amides is 1. The molecule has 1 amide bonds. The van der Waals surface area contributed by atoms with E-state index in [2.05, 4.69) is 15.0 Å². The molecular formula is C25H25F6N3O7S. The van der Waals surface area contributed by atoms with Gasteiger partial charge in [-0.05, 0) is 58.4 Å². The number of sulfonamides is 1. The number of nitrogens with zero attached hydrogens (tertiary/aromatic N) is 2. The zero-order chi connectivity index (χ0) is 31.7. The predicted octanol–water partition coefficient (Wildman–Crippen LogP) is 5.45. The molecular weight excluding hydrogens is 600 g/mol. The smallest absolute Gasteiger partial charge is 0.427 e. The number of aliphatic carboxylic acids is 1. The van der Waals surface area contributed by atoms with Gasteiger partial charge in [-0.2, -0.15) is 26.3 Å². The number of fused-ring (bicyclic) bond motifs is 1. The number of anilines is 2. The van der Waals surface area contributed by atoms with Crippen molar-refractivity contribution in [2.24, 2.45) is 11.3 Å². The standard InChI is InChI=1S/C25H25F6N3O7S/c1-21(2,19(35)36)18-9-23(18)12-34(42(38,39)15-7-13(10-32-11-15)24(26,27)28)16-8-14(5-6-17(16)40-23)33-20(37)41-22(3,4)25(29,30)31/h5-8,10-11,18H,9,12H2,1-4H3,(H,33,37)(H,35,36)/t18-,23-/m1/s1. The van der Waals surface area contributed by atoms with E-state index in [1.54, 1.807) is 0 Å². The highest BCUT2D eigenvalue weighted by atomic mass is 32.2. The van der Waals surface area contributed by atoms with E-state index in [-0.39, 0.29) is 23.5 Å². The molecule has 42 heavy (non-hydrogen) atoms. The molecule has 2 heterocycles. The molecule has 1 saturated carbocycles. The average Bonchev–Trinajstić information content (AvgIpc) is 3.55. The van der Waals surface area contributed by atoms with E-state index in [1.807, 2.05) is 0 Å². The molecule has 0 radical (unpaired) electrons. The van der Waals surface area contributed by atoms with Crippen molar-refractivity contribution in [2.45, 2.75) is 62.6 Å². The summed E-state index contributed by atoms with van der Waals surface area (Å²) in [5.74, 6) is -2.01. The first-order valence-electron chi connectivity index (χ1n) is 12.2. The molecule has 1 aliphatic heterocycles. The molecule has 1 fully saturated rings. The van der Waals surface area contributed by atoms with Gasteiger partial charge in [0.05, 0.1) is 23.2 Å². The lowest BCUT2D eigenvalue weighted by Crippen LogP contribution is -2.48. The van der Waals surface area contributed by atoms with Gasteiger partial charge in [0.25, 0.3) is 10.0 Å². The number of carbonyl (C=O) groups is 2. The number of hydrogen-bond acceptors (Lipinski definition) is 7. The van der Waals surface area contributed by atoms with Crippen LogP contribution in [-0.4, -0.2) is 54.5 Å². The minimum Gasteiger partial charge on any atom is -0.483 e. The molecule has 0 saturated heterocycles. The summed E-state index contributed by atoms with van der Waals surface area (Å²) in [5, 5.41) is 11.8. The van der Waals surface area contributed by atoms with Crippen molar-refractivity contribution in [3.8, 4) is 5.75 Å². The number of carboxylic acid groups (broad SMARTS) is 1. The zero-order valence-electron chi connectivity index (χ0n) is 22.4. The van der Waals surface area contributed by atoms with Crippen LogP contribution in [0.4, 0.5) is 42.5 Å². The Labute approximate surface area is 235 Å². The fourth-order valence-electron chi connectivity index (χ4n) is 4.58. The number of alkyl halides is 6. The number of carboxylic acids is 1. The van der Waals surface area contributed by atoms with Gasteiger partial charge < -0.3 is 14.6 Å². The van der Waals surface area contributed by atoms with E-state index in [0.29, 0.717) is 36.6 Å². The average molecular weight is 626 g/mol. The van der Waals surface area contributed by atoms with Crippen molar-refractivity contribution in [1.82, 2.24) is 4.98 Å². The van der Waals surface area contributed by atoms with Crippen LogP contribution in [0.15, 0.2) is 41.6 Å². The molecule has 1 aromatic heterocycles. The summed E-state index contributed by atoms with van der Waals surface area (Å²) < 4.78 is 118. The van der Waals surface area contributed by atoms with Gasteiger partial charge in [-0.15, -0.1) is 0 Å². The van der Waals surface area contributed by atoms with Gasteiger partial charge in [0.2, 0.25) is 5.60 Å². The highest BCUT2D eigenvalue weighted by Gasteiger charge is 2.68. The Bertz CT molecular complexity index is 1540. The summed E-state index contributed by atoms with van der Waals surface area (Å²) in [4.78, 5) is 26.7. The van der Waals surface area contributed by atoms with Gasteiger partial charge in [0, 0.05) is 24.0 Å². The SMILES string of the molecule is CC(C)(C(=O)O)[C@H]1C[C@@]12CN(S(=O)(=O)c1cncc(C(F)(F)F)c1)c1cc(NC(=O)OC(C)(C)C(F)(F)F)ccc1O2. The predicted molar refractivity (Wildman–Crippen MR) is 133 cm³/mol. The first-order chi connectivity index (χ1) is 19.0. The normalized spacial score (nSPS) is 20.9. The highest BCUT2D eigenvalue weighted by molar-refractivity contribution is 7.92. The van der Waals surface area contributed by atoms with Crippen molar-refractivity contribution >= 4 is 33.5 Å². The number of ether oxygens (including phenoxy) is 2. The molecule has 1 aliphatic carbocycles. The number of hydrogen-bond donors (Lipinski definition) is 2. The summed E-state index contributed by atoms with van der Waals surface area (Å²) in [6, 6.07) is 3.78. The first-order valence-corrected chi connectivity index (χ1v) is 13.6. The van der Waals surface area contributed by atoms with Crippen LogP contribution < -0.4 is 14.4 Å². The second-order valence-electron chi connectivity index (χ2n) is 11.1. The summed E-state index contributed by atoms with van der Waals surface area (Å²) >= 11 is 0. The molecule has 10 nitrogen and oxygen atoms in total. The maximum Gasteiger partial charge on any atom is 0.427 e. The first kappa shape index (κ1) is 31.2. The van der Waals surface area contributed by atoms with E-state index in [1.165, 1.54) is 26.0 Å². The number of pyridine rings is 1.